The number of nitrogens with one attached hydrogen (secondary N) is 1. The van der Waals surface area contributed by atoms with E-state index in [0.29, 0.717) is 28.1 Å². The number of esters is 1. The lowest BCUT2D eigenvalue weighted by molar-refractivity contribution is -0.113. The molecule has 10 heteroatoms. The number of aryl methyl sites for hydroxylation is 2. The average molecular weight is 487 g/mol. The molecule has 0 unspecified atom stereocenters. The molecule has 1 amide bonds. The van der Waals surface area contributed by atoms with Crippen LogP contribution in [-0.2, 0) is 22.7 Å². The number of ether oxygens (including phenoxy) is 2. The Morgan fingerprint density at radius 3 is 2.76 bits per heavy atom. The third kappa shape index (κ3) is 6.02. The van der Waals surface area contributed by atoms with Gasteiger partial charge in [-0.05, 0) is 44.0 Å². The summed E-state index contributed by atoms with van der Waals surface area (Å²) < 4.78 is 12.6. The molecule has 0 radical (unpaired) electrons. The minimum atomic E-state index is -0.469. The number of methoxy groups -OCH3 is 1. The molecule has 0 spiro atoms. The van der Waals surface area contributed by atoms with Gasteiger partial charge in [-0.2, -0.15) is 0 Å². The van der Waals surface area contributed by atoms with Gasteiger partial charge < -0.3 is 14.8 Å². The molecule has 0 aliphatic rings. The van der Waals surface area contributed by atoms with Crippen molar-refractivity contribution in [3.8, 4) is 5.75 Å². The van der Waals surface area contributed by atoms with Gasteiger partial charge in [0.05, 0.1) is 18.4 Å². The van der Waals surface area contributed by atoms with E-state index in [1.807, 2.05) is 49.6 Å². The fraction of sp³-hybridized carbons (Fsp3) is 0.304. The number of carbonyl (C=O) groups excluding carboxylic acids is 2. The molecule has 3 aromatic rings. The van der Waals surface area contributed by atoms with Gasteiger partial charge in [-0.3, -0.25) is 9.36 Å². The number of thioether (sulfide) groups is 1. The van der Waals surface area contributed by atoms with Crippen molar-refractivity contribution in [2.45, 2.75) is 39.1 Å². The zero-order chi connectivity index (χ0) is 24.0. The van der Waals surface area contributed by atoms with E-state index in [0.717, 1.165) is 21.8 Å². The number of anilines is 1. The molecule has 3 rings (SSSR count). The number of amides is 1. The number of nitrogens with zero attached hydrogens (tertiary/aromatic N) is 3. The lowest BCUT2D eigenvalue weighted by Crippen LogP contribution is -2.16. The third-order valence-corrected chi connectivity index (χ3v) is 6.91. The fourth-order valence-corrected chi connectivity index (χ4v) is 4.89. The summed E-state index contributed by atoms with van der Waals surface area (Å²) in [7, 11) is 1.32. The Kier molecular flexibility index (Phi) is 8.29. The van der Waals surface area contributed by atoms with Crippen molar-refractivity contribution in [3.05, 3.63) is 64.3 Å². The van der Waals surface area contributed by atoms with E-state index in [4.69, 9.17) is 9.47 Å². The number of hydrogen-bond donors (Lipinski definition) is 1. The van der Waals surface area contributed by atoms with Gasteiger partial charge in [0.2, 0.25) is 5.91 Å². The summed E-state index contributed by atoms with van der Waals surface area (Å²) in [6.07, 6.45) is 1.74. The Labute approximate surface area is 201 Å². The van der Waals surface area contributed by atoms with Crippen molar-refractivity contribution in [2.24, 2.45) is 0 Å². The van der Waals surface area contributed by atoms with Crippen LogP contribution in [0.15, 0.2) is 42.1 Å². The third-order valence-electron chi connectivity index (χ3n) is 4.82. The van der Waals surface area contributed by atoms with Gasteiger partial charge in [-0.15, -0.1) is 28.1 Å². The van der Waals surface area contributed by atoms with Crippen LogP contribution in [-0.4, -0.2) is 39.5 Å². The van der Waals surface area contributed by atoms with Crippen molar-refractivity contribution in [2.75, 3.05) is 18.2 Å². The van der Waals surface area contributed by atoms with Gasteiger partial charge in [-0.25, -0.2) is 4.79 Å². The maximum Gasteiger partial charge on any atom is 0.341 e. The zero-order valence-corrected chi connectivity index (χ0v) is 20.6. The van der Waals surface area contributed by atoms with Gasteiger partial charge in [0.25, 0.3) is 0 Å². The van der Waals surface area contributed by atoms with Crippen LogP contribution >= 0.6 is 23.1 Å². The number of aromatic nitrogens is 3. The highest BCUT2D eigenvalue weighted by Crippen LogP contribution is 2.33. The lowest BCUT2D eigenvalue weighted by atomic mass is 10.1. The average Bonchev–Trinajstić information content (AvgIpc) is 3.30. The largest absolute Gasteiger partial charge is 0.486 e. The van der Waals surface area contributed by atoms with E-state index in [2.05, 4.69) is 22.1 Å². The molecule has 1 N–H and O–H groups in total. The molecule has 33 heavy (non-hydrogen) atoms. The Morgan fingerprint density at radius 2 is 2.06 bits per heavy atom. The maximum atomic E-state index is 12.6. The molecule has 0 atom stereocenters. The molecule has 0 fully saturated rings. The van der Waals surface area contributed by atoms with Gasteiger partial charge in [0.1, 0.15) is 17.4 Å². The summed E-state index contributed by atoms with van der Waals surface area (Å²) in [5, 5.41) is 12.3. The zero-order valence-electron chi connectivity index (χ0n) is 19.0. The standard InChI is InChI=1S/C23H26N4O4S2/c1-6-10-27-18(12-31-17-9-7-8-14(2)11-17)25-26-23(27)32-13-19(28)24-21-20(22(29)30-5)15(3)16(4)33-21/h6-9,11H,1,10,12-13H2,2-5H3,(H,24,28). The highest BCUT2D eigenvalue weighted by molar-refractivity contribution is 7.99. The van der Waals surface area contributed by atoms with E-state index in [1.54, 1.807) is 6.08 Å². The van der Waals surface area contributed by atoms with Crippen LogP contribution < -0.4 is 10.1 Å². The molecule has 0 saturated carbocycles. The first-order valence-corrected chi connectivity index (χ1v) is 12.0. The second kappa shape index (κ2) is 11.2. The number of carbonyl (C=O) groups is 2. The number of thiophene rings is 1. The summed E-state index contributed by atoms with van der Waals surface area (Å²) >= 11 is 2.60. The van der Waals surface area contributed by atoms with Crippen LogP contribution in [0.25, 0.3) is 0 Å². The van der Waals surface area contributed by atoms with Crippen molar-refractivity contribution in [1.82, 2.24) is 14.8 Å². The minimum Gasteiger partial charge on any atom is -0.486 e. The molecular weight excluding hydrogens is 460 g/mol. The van der Waals surface area contributed by atoms with Gasteiger partial charge in [-0.1, -0.05) is 30.0 Å². The Morgan fingerprint density at radius 1 is 1.27 bits per heavy atom. The first kappa shape index (κ1) is 24.5. The predicted molar refractivity (Wildman–Crippen MR) is 130 cm³/mol. The fourth-order valence-electron chi connectivity index (χ4n) is 3.05. The van der Waals surface area contributed by atoms with Crippen molar-refractivity contribution in [3.63, 3.8) is 0 Å². The second-order valence-electron chi connectivity index (χ2n) is 7.22. The van der Waals surface area contributed by atoms with Crippen LogP contribution in [0.2, 0.25) is 0 Å². The molecule has 2 aromatic heterocycles. The van der Waals surface area contributed by atoms with E-state index >= 15 is 0 Å². The van der Waals surface area contributed by atoms with Gasteiger partial charge in [0, 0.05) is 11.4 Å². The second-order valence-corrected chi connectivity index (χ2v) is 9.39. The smallest absolute Gasteiger partial charge is 0.341 e. The first-order valence-electron chi connectivity index (χ1n) is 10.2. The SMILES string of the molecule is C=CCn1c(COc2cccc(C)c2)nnc1SCC(=O)Nc1sc(C)c(C)c1C(=O)OC. The monoisotopic (exact) mass is 486 g/mol. The van der Waals surface area contributed by atoms with Crippen LogP contribution in [0.5, 0.6) is 5.75 Å². The van der Waals surface area contributed by atoms with Gasteiger partial charge in [0.15, 0.2) is 11.0 Å². The molecule has 0 bridgehead atoms. The lowest BCUT2D eigenvalue weighted by Gasteiger charge is -2.10. The number of allylic oxidation sites excluding steroid dienone is 1. The molecule has 0 aliphatic carbocycles. The Bertz CT molecular complexity index is 1170. The molecule has 0 saturated heterocycles. The van der Waals surface area contributed by atoms with Crippen molar-refractivity contribution < 1.29 is 19.1 Å². The molecule has 8 nitrogen and oxygen atoms in total. The molecule has 2 heterocycles. The molecular formula is C23H26N4O4S2. The summed E-state index contributed by atoms with van der Waals surface area (Å²) in [5.74, 6) is 0.766. The van der Waals surface area contributed by atoms with Crippen LogP contribution in [0.4, 0.5) is 5.00 Å². The molecule has 0 aliphatic heterocycles. The van der Waals surface area contributed by atoms with E-state index in [1.165, 1.54) is 30.2 Å². The summed E-state index contributed by atoms with van der Waals surface area (Å²) in [5.41, 5.74) is 2.30. The van der Waals surface area contributed by atoms with Crippen molar-refractivity contribution in [1.29, 1.82) is 0 Å². The van der Waals surface area contributed by atoms with E-state index < -0.39 is 5.97 Å². The highest BCUT2D eigenvalue weighted by atomic mass is 32.2. The van der Waals surface area contributed by atoms with E-state index in [9.17, 15) is 9.59 Å². The summed E-state index contributed by atoms with van der Waals surface area (Å²) in [6.45, 7) is 10.3. The normalized spacial score (nSPS) is 10.7. The Balaban J connectivity index is 1.66. The summed E-state index contributed by atoms with van der Waals surface area (Å²) in [4.78, 5) is 25.7. The first-order chi connectivity index (χ1) is 15.8. The predicted octanol–water partition coefficient (Wildman–Crippen LogP) is 4.55. The highest BCUT2D eigenvalue weighted by Gasteiger charge is 2.22. The van der Waals surface area contributed by atoms with Crippen molar-refractivity contribution >= 4 is 40.0 Å². The number of rotatable bonds is 10. The number of hydrogen-bond acceptors (Lipinski definition) is 8. The molecule has 174 valence electrons. The minimum absolute atomic E-state index is 0.102. The molecule has 1 aromatic carbocycles. The Hall–Kier alpha value is -3.11. The van der Waals surface area contributed by atoms with Crippen LogP contribution in [0.3, 0.4) is 0 Å². The van der Waals surface area contributed by atoms with Gasteiger partial charge >= 0.3 is 5.97 Å². The topological polar surface area (TPSA) is 95.3 Å². The number of benzene rings is 1. The van der Waals surface area contributed by atoms with Crippen LogP contribution in [0, 0.1) is 20.8 Å². The summed E-state index contributed by atoms with van der Waals surface area (Å²) in [6, 6.07) is 7.77. The van der Waals surface area contributed by atoms with E-state index in [-0.39, 0.29) is 18.3 Å². The van der Waals surface area contributed by atoms with Crippen LogP contribution in [0.1, 0.15) is 32.2 Å². The maximum absolute atomic E-state index is 12.6. The quantitative estimate of drug-likeness (QED) is 0.255.